The Balaban J connectivity index is 2.09. The second-order valence-corrected chi connectivity index (χ2v) is 4.48. The summed E-state index contributed by atoms with van der Waals surface area (Å²) in [6, 6.07) is 8.53. The fourth-order valence-corrected chi connectivity index (χ4v) is 1.86. The number of hydrogen-bond acceptors (Lipinski definition) is 3. The van der Waals surface area contributed by atoms with E-state index in [-0.39, 0.29) is 5.91 Å². The zero-order valence-electron chi connectivity index (χ0n) is 11.4. The Morgan fingerprint density at radius 3 is 2.52 bits per heavy atom. The average molecular weight is 291 g/mol. The van der Waals surface area contributed by atoms with E-state index in [0.29, 0.717) is 29.0 Å². The first kappa shape index (κ1) is 14.8. The summed E-state index contributed by atoms with van der Waals surface area (Å²) >= 11 is 0. The van der Waals surface area contributed by atoms with Crippen LogP contribution >= 0.6 is 0 Å². The number of carbonyl (C=O) groups is 1. The lowest BCUT2D eigenvalue weighted by Gasteiger charge is -2.11. The van der Waals surface area contributed by atoms with Crippen molar-refractivity contribution in [2.75, 3.05) is 18.1 Å². The molecule has 0 aliphatic carbocycles. The number of amides is 1. The quantitative estimate of drug-likeness (QED) is 0.758. The van der Waals surface area contributed by atoms with Crippen LogP contribution in [0.3, 0.4) is 0 Å². The molecule has 1 amide bonds. The first-order valence-electron chi connectivity index (χ1n) is 6.30. The predicted octanol–water partition coefficient (Wildman–Crippen LogP) is 2.52. The normalized spacial score (nSPS) is 10.2. The van der Waals surface area contributed by atoms with Crippen LogP contribution in [0.15, 0.2) is 36.4 Å². The minimum atomic E-state index is -0.891. The van der Waals surface area contributed by atoms with Gasteiger partial charge in [-0.15, -0.1) is 0 Å². The minimum absolute atomic E-state index is 0.228. The van der Waals surface area contributed by atoms with Crippen LogP contribution in [-0.4, -0.2) is 13.0 Å². The number of halogens is 2. The van der Waals surface area contributed by atoms with Crippen LogP contribution in [0.1, 0.15) is 15.9 Å². The van der Waals surface area contributed by atoms with E-state index in [0.717, 1.165) is 12.1 Å². The first-order valence-corrected chi connectivity index (χ1v) is 6.30. The van der Waals surface area contributed by atoms with Crippen molar-refractivity contribution in [3.05, 3.63) is 59.2 Å². The number of anilines is 2. The zero-order valence-corrected chi connectivity index (χ0v) is 11.4. The van der Waals surface area contributed by atoms with E-state index in [4.69, 9.17) is 5.73 Å². The molecule has 0 fully saturated rings. The largest absolute Gasteiger partial charge is 0.397 e. The van der Waals surface area contributed by atoms with Crippen molar-refractivity contribution in [2.24, 2.45) is 0 Å². The molecule has 0 atom stereocenters. The van der Waals surface area contributed by atoms with Crippen molar-refractivity contribution in [1.82, 2.24) is 5.32 Å². The molecule has 2 aromatic carbocycles. The molecule has 21 heavy (non-hydrogen) atoms. The molecule has 0 spiro atoms. The number of nitrogens with one attached hydrogen (secondary N) is 2. The molecule has 0 saturated heterocycles. The number of rotatable bonds is 4. The third-order valence-electron chi connectivity index (χ3n) is 3.01. The molecule has 0 saturated carbocycles. The molecule has 0 aliphatic rings. The van der Waals surface area contributed by atoms with Gasteiger partial charge in [0.2, 0.25) is 0 Å². The van der Waals surface area contributed by atoms with Crippen molar-refractivity contribution in [3.63, 3.8) is 0 Å². The van der Waals surface area contributed by atoms with E-state index >= 15 is 0 Å². The molecular formula is C15H15F2N3O. The van der Waals surface area contributed by atoms with Crippen molar-refractivity contribution in [2.45, 2.75) is 6.54 Å². The smallest absolute Gasteiger partial charge is 0.251 e. The van der Waals surface area contributed by atoms with Crippen LogP contribution in [0.2, 0.25) is 0 Å². The van der Waals surface area contributed by atoms with Crippen molar-refractivity contribution in [1.29, 1.82) is 0 Å². The Morgan fingerprint density at radius 1 is 1.14 bits per heavy atom. The summed E-state index contributed by atoms with van der Waals surface area (Å²) < 4.78 is 25.9. The van der Waals surface area contributed by atoms with Gasteiger partial charge < -0.3 is 16.4 Å². The summed E-state index contributed by atoms with van der Waals surface area (Å²) in [5.41, 5.74) is 7.91. The highest BCUT2D eigenvalue weighted by Gasteiger charge is 2.07. The summed E-state index contributed by atoms with van der Waals surface area (Å²) in [5.74, 6) is -2.00. The third kappa shape index (κ3) is 3.47. The maximum absolute atomic E-state index is 13.1. The Kier molecular flexibility index (Phi) is 4.37. The van der Waals surface area contributed by atoms with Crippen molar-refractivity contribution < 1.29 is 13.6 Å². The molecule has 0 aliphatic heterocycles. The Hall–Kier alpha value is -2.63. The van der Waals surface area contributed by atoms with Crippen LogP contribution in [0.4, 0.5) is 20.2 Å². The number of nitrogen functional groups attached to an aromatic ring is 1. The monoisotopic (exact) mass is 291 g/mol. The van der Waals surface area contributed by atoms with E-state index in [1.807, 2.05) is 0 Å². The van der Waals surface area contributed by atoms with Gasteiger partial charge in [0.15, 0.2) is 11.6 Å². The molecule has 0 heterocycles. The highest BCUT2D eigenvalue weighted by molar-refractivity contribution is 5.95. The summed E-state index contributed by atoms with van der Waals surface area (Å²) in [4.78, 5) is 11.5. The fraction of sp³-hybridized carbons (Fsp3) is 0.133. The lowest BCUT2D eigenvalue weighted by atomic mass is 10.1. The first-order chi connectivity index (χ1) is 10.0. The second-order valence-electron chi connectivity index (χ2n) is 4.48. The number of carbonyl (C=O) groups excluding carboxylic acids is 1. The van der Waals surface area contributed by atoms with Crippen LogP contribution in [0.25, 0.3) is 0 Å². The van der Waals surface area contributed by atoms with E-state index in [9.17, 15) is 13.6 Å². The molecule has 2 aromatic rings. The summed E-state index contributed by atoms with van der Waals surface area (Å²) in [7, 11) is 1.54. The van der Waals surface area contributed by atoms with Crippen LogP contribution in [0.5, 0.6) is 0 Å². The van der Waals surface area contributed by atoms with Gasteiger partial charge >= 0.3 is 0 Å². The minimum Gasteiger partial charge on any atom is -0.397 e. The van der Waals surface area contributed by atoms with Gasteiger partial charge in [0.05, 0.1) is 11.4 Å². The Labute approximate surface area is 121 Å². The number of hydrogen-bond donors (Lipinski definition) is 3. The van der Waals surface area contributed by atoms with Gasteiger partial charge in [-0.25, -0.2) is 8.78 Å². The van der Waals surface area contributed by atoms with Crippen LogP contribution < -0.4 is 16.4 Å². The Bertz CT molecular complexity index is 674. The maximum Gasteiger partial charge on any atom is 0.251 e. The molecule has 0 aromatic heterocycles. The topological polar surface area (TPSA) is 67.2 Å². The van der Waals surface area contributed by atoms with Gasteiger partial charge in [0.25, 0.3) is 5.91 Å². The Morgan fingerprint density at radius 2 is 1.90 bits per heavy atom. The molecule has 0 unspecified atom stereocenters. The van der Waals surface area contributed by atoms with Crippen LogP contribution in [-0.2, 0) is 6.54 Å². The van der Waals surface area contributed by atoms with Gasteiger partial charge in [-0.3, -0.25) is 4.79 Å². The van der Waals surface area contributed by atoms with Gasteiger partial charge in [-0.2, -0.15) is 0 Å². The zero-order chi connectivity index (χ0) is 15.4. The average Bonchev–Trinajstić information content (AvgIpc) is 2.48. The highest BCUT2D eigenvalue weighted by Crippen LogP contribution is 2.21. The van der Waals surface area contributed by atoms with E-state index in [2.05, 4.69) is 10.6 Å². The molecular weight excluding hydrogens is 276 g/mol. The standard InChI is InChI=1S/C15H15F2N3O/c1-19-15(21)10-3-5-14(13(18)7-10)20-8-9-2-4-11(16)12(17)6-9/h2-7,20H,8,18H2,1H3,(H,19,21). The summed E-state index contributed by atoms with van der Waals surface area (Å²) in [6.45, 7) is 0.292. The molecule has 6 heteroatoms. The van der Waals surface area contributed by atoms with Gasteiger partial charge in [0.1, 0.15) is 0 Å². The van der Waals surface area contributed by atoms with Crippen molar-refractivity contribution in [3.8, 4) is 0 Å². The lowest BCUT2D eigenvalue weighted by molar-refractivity contribution is 0.0963. The summed E-state index contributed by atoms with van der Waals surface area (Å²) in [6.07, 6.45) is 0. The van der Waals surface area contributed by atoms with E-state index in [1.54, 1.807) is 18.2 Å². The number of benzene rings is 2. The lowest BCUT2D eigenvalue weighted by Crippen LogP contribution is -2.18. The molecule has 4 nitrogen and oxygen atoms in total. The van der Waals surface area contributed by atoms with Gasteiger partial charge in [-0.05, 0) is 35.9 Å². The van der Waals surface area contributed by atoms with Gasteiger partial charge in [0, 0.05) is 19.2 Å². The predicted molar refractivity (Wildman–Crippen MR) is 77.9 cm³/mol. The SMILES string of the molecule is CNC(=O)c1ccc(NCc2ccc(F)c(F)c2)c(N)c1. The third-order valence-corrected chi connectivity index (χ3v) is 3.01. The fourth-order valence-electron chi connectivity index (χ4n) is 1.86. The van der Waals surface area contributed by atoms with E-state index in [1.165, 1.54) is 13.1 Å². The van der Waals surface area contributed by atoms with Gasteiger partial charge in [-0.1, -0.05) is 6.07 Å². The van der Waals surface area contributed by atoms with E-state index < -0.39 is 11.6 Å². The molecule has 110 valence electrons. The van der Waals surface area contributed by atoms with Crippen LogP contribution in [0, 0.1) is 11.6 Å². The van der Waals surface area contributed by atoms with Crippen molar-refractivity contribution >= 4 is 17.3 Å². The molecule has 2 rings (SSSR count). The second kappa shape index (κ2) is 6.21. The molecule has 0 radical (unpaired) electrons. The maximum atomic E-state index is 13.1. The summed E-state index contributed by atoms with van der Waals surface area (Å²) in [5, 5.41) is 5.52. The highest BCUT2D eigenvalue weighted by atomic mass is 19.2. The molecule has 4 N–H and O–H groups in total. The number of nitrogens with two attached hydrogens (primary N) is 1. The molecule has 0 bridgehead atoms.